The summed E-state index contributed by atoms with van der Waals surface area (Å²) in [6.07, 6.45) is 1.71. The molecule has 0 amide bonds. The number of aromatic nitrogens is 3. The number of nitrogens with zero attached hydrogens (tertiary/aromatic N) is 2. The second-order valence-corrected chi connectivity index (χ2v) is 5.93. The highest BCUT2D eigenvalue weighted by Crippen LogP contribution is 2.32. The molecule has 0 saturated heterocycles. The maximum atomic E-state index is 14.6. The summed E-state index contributed by atoms with van der Waals surface area (Å²) < 4.78 is 21.4. The Morgan fingerprint density at radius 3 is 3.00 bits per heavy atom. The van der Waals surface area contributed by atoms with Gasteiger partial charge in [-0.05, 0) is 24.9 Å². The molecule has 0 fully saturated rings. The fourth-order valence-electron chi connectivity index (χ4n) is 2.45. The van der Waals surface area contributed by atoms with Crippen molar-refractivity contribution in [2.45, 2.75) is 10.8 Å². The first kappa shape index (κ1) is 15.5. The normalized spacial score (nSPS) is 20.2. The minimum atomic E-state index is -1.13. The number of aliphatic hydroxyl groups is 1. The van der Waals surface area contributed by atoms with E-state index >= 15 is 0 Å². The lowest BCUT2D eigenvalue weighted by Gasteiger charge is -2.18. The van der Waals surface area contributed by atoms with E-state index in [-0.39, 0.29) is 40.3 Å². The van der Waals surface area contributed by atoms with Crippen LogP contribution in [0.15, 0.2) is 9.95 Å². The number of likely N-dealkylation sites (N-methyl/N-ethyl adjacent to an activating group) is 1. The number of ether oxygens (including phenoxy) is 1. The van der Waals surface area contributed by atoms with Gasteiger partial charge >= 0.3 is 11.0 Å². The van der Waals surface area contributed by atoms with E-state index in [1.165, 1.54) is 16.3 Å². The lowest BCUT2D eigenvalue weighted by atomic mass is 10.2. The third kappa shape index (κ3) is 1.93. The summed E-state index contributed by atoms with van der Waals surface area (Å²) in [4.78, 5) is 18.9. The van der Waals surface area contributed by atoms with Gasteiger partial charge in [0.25, 0.3) is 11.2 Å². The summed E-state index contributed by atoms with van der Waals surface area (Å²) in [5.41, 5.74) is -1.82. The molecular weight excluding hydrogens is 335 g/mol. The highest BCUT2D eigenvalue weighted by Gasteiger charge is 2.52. The van der Waals surface area contributed by atoms with Crippen LogP contribution in [0.25, 0.3) is 10.9 Å². The average molecular weight is 348 g/mol. The number of hydrogen-bond acceptors (Lipinski definition) is 6. The van der Waals surface area contributed by atoms with Crippen LogP contribution >= 0.6 is 23.4 Å². The Labute approximate surface area is 133 Å². The number of nitrogens with one attached hydrogen (secondary N) is 2. The van der Waals surface area contributed by atoms with Crippen molar-refractivity contribution in [2.75, 3.05) is 26.5 Å². The minimum absolute atomic E-state index is 0.00198. The highest BCUT2D eigenvalue weighted by molar-refractivity contribution is 7.98. The first-order chi connectivity index (χ1) is 10.5. The molecule has 0 aliphatic carbocycles. The Balaban J connectivity index is 2.47. The van der Waals surface area contributed by atoms with Gasteiger partial charge in [-0.3, -0.25) is 10.1 Å². The Bertz CT molecular complexity index is 824. The van der Waals surface area contributed by atoms with E-state index in [1.54, 1.807) is 13.3 Å². The van der Waals surface area contributed by atoms with Gasteiger partial charge in [0, 0.05) is 0 Å². The van der Waals surface area contributed by atoms with Gasteiger partial charge in [0.15, 0.2) is 17.1 Å². The zero-order valence-corrected chi connectivity index (χ0v) is 13.3. The SMILES string of the molecule is CNC1(CO)COc2c3c(=O)[nH]c(SC)nc3c(F)c(Cl)[n+]21. The average Bonchev–Trinajstić information content (AvgIpc) is 2.91. The van der Waals surface area contributed by atoms with E-state index in [0.717, 1.165) is 0 Å². The topological polar surface area (TPSA) is 91.1 Å². The van der Waals surface area contributed by atoms with Gasteiger partial charge in [0.2, 0.25) is 5.82 Å². The summed E-state index contributed by atoms with van der Waals surface area (Å²) in [5.74, 6) is -0.758. The van der Waals surface area contributed by atoms with Crippen LogP contribution < -0.4 is 20.2 Å². The largest absolute Gasteiger partial charge is 0.434 e. The van der Waals surface area contributed by atoms with Crippen LogP contribution in [0.5, 0.6) is 5.88 Å². The van der Waals surface area contributed by atoms with Crippen LogP contribution in [0.3, 0.4) is 0 Å². The molecule has 7 nitrogen and oxygen atoms in total. The summed E-state index contributed by atoms with van der Waals surface area (Å²) >= 11 is 7.28. The Kier molecular flexibility index (Phi) is 3.76. The van der Waals surface area contributed by atoms with Crippen LogP contribution in [0.4, 0.5) is 4.39 Å². The van der Waals surface area contributed by atoms with Crippen molar-refractivity contribution in [3.05, 3.63) is 21.3 Å². The number of halogens is 2. The standard InChI is InChI=1S/C12H12ClFN4O3S/c1-15-12(3-19)4-21-10-5-7(6(14)8(13)18(10)12)16-11(22-2)17-9(5)20/h15,19H,3-4H2,1-2H3/p+1. The number of aromatic amines is 1. The minimum Gasteiger partial charge on any atom is -0.434 e. The van der Waals surface area contributed by atoms with Crippen molar-refractivity contribution in [3.8, 4) is 5.88 Å². The molecule has 1 aliphatic rings. The molecule has 118 valence electrons. The summed E-state index contributed by atoms with van der Waals surface area (Å²) in [5, 5.41) is 12.5. The van der Waals surface area contributed by atoms with Crippen molar-refractivity contribution < 1.29 is 18.8 Å². The fraction of sp³-hybridized carbons (Fsp3) is 0.417. The van der Waals surface area contributed by atoms with Crippen molar-refractivity contribution in [2.24, 2.45) is 0 Å². The smallest absolute Gasteiger partial charge is 0.386 e. The van der Waals surface area contributed by atoms with Crippen LogP contribution in [-0.2, 0) is 5.66 Å². The van der Waals surface area contributed by atoms with Crippen LogP contribution in [0, 0.1) is 5.82 Å². The fourth-order valence-corrected chi connectivity index (χ4v) is 3.16. The Morgan fingerprint density at radius 2 is 2.41 bits per heavy atom. The predicted octanol–water partition coefficient (Wildman–Crippen LogP) is -0.0181. The first-order valence-electron chi connectivity index (χ1n) is 6.33. The maximum Gasteiger partial charge on any atom is 0.386 e. The quantitative estimate of drug-likeness (QED) is 0.313. The molecule has 3 heterocycles. The molecule has 2 aromatic heterocycles. The maximum absolute atomic E-state index is 14.6. The van der Waals surface area contributed by atoms with Gasteiger partial charge in [0.05, 0.1) is 0 Å². The number of fused-ring (bicyclic) bond motifs is 3. The van der Waals surface area contributed by atoms with E-state index in [2.05, 4.69) is 15.3 Å². The second kappa shape index (κ2) is 5.34. The first-order valence-corrected chi connectivity index (χ1v) is 7.93. The van der Waals surface area contributed by atoms with Crippen molar-refractivity contribution in [1.29, 1.82) is 0 Å². The van der Waals surface area contributed by atoms with E-state index in [1.807, 2.05) is 0 Å². The number of pyridine rings is 1. The van der Waals surface area contributed by atoms with Gasteiger partial charge in [-0.2, -0.15) is 4.39 Å². The van der Waals surface area contributed by atoms with E-state index < -0.39 is 17.0 Å². The molecule has 3 rings (SSSR count). The number of hydrogen-bond donors (Lipinski definition) is 3. The summed E-state index contributed by atoms with van der Waals surface area (Å²) in [6.45, 7) is -0.387. The molecule has 2 aromatic rings. The zero-order valence-electron chi connectivity index (χ0n) is 11.7. The molecule has 1 unspecified atom stereocenters. The van der Waals surface area contributed by atoms with Gasteiger partial charge in [-0.25, -0.2) is 4.98 Å². The molecule has 0 spiro atoms. The summed E-state index contributed by atoms with van der Waals surface area (Å²) in [6, 6.07) is 0. The lowest BCUT2D eigenvalue weighted by Crippen LogP contribution is -2.65. The third-order valence-corrected chi connectivity index (χ3v) is 4.61. The van der Waals surface area contributed by atoms with Crippen LogP contribution in [0.2, 0.25) is 5.15 Å². The third-order valence-electron chi connectivity index (χ3n) is 3.70. The number of rotatable bonds is 3. The van der Waals surface area contributed by atoms with Crippen molar-refractivity contribution in [1.82, 2.24) is 15.3 Å². The summed E-state index contributed by atoms with van der Waals surface area (Å²) in [7, 11) is 1.58. The molecule has 0 saturated carbocycles. The molecule has 1 atom stereocenters. The molecule has 22 heavy (non-hydrogen) atoms. The van der Waals surface area contributed by atoms with Gasteiger partial charge < -0.3 is 14.8 Å². The van der Waals surface area contributed by atoms with E-state index in [0.29, 0.717) is 0 Å². The second-order valence-electron chi connectivity index (χ2n) is 4.77. The van der Waals surface area contributed by atoms with Crippen molar-refractivity contribution in [3.63, 3.8) is 0 Å². The molecule has 0 aromatic carbocycles. The number of aliphatic hydroxyl groups excluding tert-OH is 1. The monoisotopic (exact) mass is 347 g/mol. The van der Waals surface area contributed by atoms with Gasteiger partial charge in [-0.15, -0.1) is 4.57 Å². The molecule has 10 heteroatoms. The van der Waals surface area contributed by atoms with Crippen LogP contribution in [-0.4, -0.2) is 41.6 Å². The van der Waals surface area contributed by atoms with Crippen LogP contribution in [0.1, 0.15) is 0 Å². The van der Waals surface area contributed by atoms with E-state index in [4.69, 9.17) is 16.3 Å². The number of thioether (sulfide) groups is 1. The zero-order chi connectivity index (χ0) is 16.1. The van der Waals surface area contributed by atoms with Gasteiger partial charge in [0.1, 0.15) is 12.1 Å². The highest BCUT2D eigenvalue weighted by atomic mass is 35.5. The van der Waals surface area contributed by atoms with E-state index in [9.17, 15) is 14.3 Å². The number of H-pyrrole nitrogens is 1. The molecule has 3 N–H and O–H groups in total. The molecule has 1 aliphatic heterocycles. The van der Waals surface area contributed by atoms with Gasteiger partial charge in [-0.1, -0.05) is 11.8 Å². The predicted molar refractivity (Wildman–Crippen MR) is 78.9 cm³/mol. The Morgan fingerprint density at radius 1 is 1.68 bits per heavy atom. The van der Waals surface area contributed by atoms with Crippen molar-refractivity contribution >= 4 is 34.3 Å². The molecular formula is C12H13ClFN4O3S+. The Hall–Kier alpha value is -1.42. The molecule has 0 bridgehead atoms. The lowest BCUT2D eigenvalue weighted by molar-refractivity contribution is -0.751. The molecule has 0 radical (unpaired) electrons.